The van der Waals surface area contributed by atoms with Gasteiger partial charge in [-0.1, -0.05) is 0 Å². The van der Waals surface area contributed by atoms with Crippen LogP contribution in [-0.2, 0) is 11.2 Å². The summed E-state index contributed by atoms with van der Waals surface area (Å²) < 4.78 is 7.45. The van der Waals surface area contributed by atoms with Gasteiger partial charge in [0.1, 0.15) is 5.69 Å². The molecule has 0 saturated carbocycles. The predicted molar refractivity (Wildman–Crippen MR) is 85.5 cm³/mol. The molecule has 3 aromatic rings. The van der Waals surface area contributed by atoms with Crippen molar-refractivity contribution < 1.29 is 9.53 Å². The molecule has 0 radical (unpaired) electrons. The van der Waals surface area contributed by atoms with Crippen LogP contribution in [0, 0.1) is 5.92 Å². The van der Waals surface area contributed by atoms with Gasteiger partial charge in [0, 0.05) is 31.4 Å². The first-order valence-corrected chi connectivity index (χ1v) is 7.94. The monoisotopic (exact) mass is 326 g/mol. The molecule has 8 nitrogen and oxygen atoms in total. The summed E-state index contributed by atoms with van der Waals surface area (Å²) >= 11 is 0. The molecule has 8 heteroatoms. The molecule has 1 saturated heterocycles. The SMILES string of the molecule is O=C(c1cnc[nH]1)N1CCOC[C@@H](Cc2ccc3nccn3n2)C1. The molecular formula is C16H18N6O2. The number of H-pyrrole nitrogens is 1. The van der Waals surface area contributed by atoms with Crippen molar-refractivity contribution >= 4 is 11.6 Å². The molecule has 124 valence electrons. The van der Waals surface area contributed by atoms with E-state index < -0.39 is 0 Å². The van der Waals surface area contributed by atoms with Crippen LogP contribution in [0.2, 0.25) is 0 Å². The summed E-state index contributed by atoms with van der Waals surface area (Å²) in [5.74, 6) is 0.161. The summed E-state index contributed by atoms with van der Waals surface area (Å²) in [6.45, 7) is 2.39. The molecule has 0 spiro atoms. The van der Waals surface area contributed by atoms with Gasteiger partial charge in [-0.3, -0.25) is 4.79 Å². The lowest BCUT2D eigenvalue weighted by molar-refractivity contribution is 0.0732. The Morgan fingerprint density at radius 3 is 3.25 bits per heavy atom. The highest BCUT2D eigenvalue weighted by Crippen LogP contribution is 2.15. The van der Waals surface area contributed by atoms with Gasteiger partial charge < -0.3 is 14.6 Å². The maximum Gasteiger partial charge on any atom is 0.272 e. The van der Waals surface area contributed by atoms with Crippen molar-refractivity contribution in [3.8, 4) is 0 Å². The van der Waals surface area contributed by atoms with Gasteiger partial charge in [-0.05, 0) is 18.6 Å². The van der Waals surface area contributed by atoms with E-state index in [4.69, 9.17) is 4.74 Å². The average Bonchev–Trinajstić information content (AvgIpc) is 3.23. The molecule has 1 aliphatic rings. The van der Waals surface area contributed by atoms with Crippen molar-refractivity contribution in [1.82, 2.24) is 29.5 Å². The Balaban J connectivity index is 1.48. The fraction of sp³-hybridized carbons (Fsp3) is 0.375. The van der Waals surface area contributed by atoms with Gasteiger partial charge in [0.2, 0.25) is 0 Å². The first-order valence-electron chi connectivity index (χ1n) is 7.94. The molecule has 1 atom stereocenters. The Labute approximate surface area is 138 Å². The molecule has 0 aromatic carbocycles. The van der Waals surface area contributed by atoms with Crippen LogP contribution in [0.1, 0.15) is 16.2 Å². The molecule has 0 unspecified atom stereocenters. The lowest BCUT2D eigenvalue weighted by atomic mass is 10.0. The zero-order valence-corrected chi connectivity index (χ0v) is 13.1. The number of rotatable bonds is 3. The van der Waals surface area contributed by atoms with Crippen LogP contribution >= 0.6 is 0 Å². The van der Waals surface area contributed by atoms with Gasteiger partial charge in [-0.15, -0.1) is 0 Å². The maximum atomic E-state index is 12.5. The number of nitrogens with zero attached hydrogens (tertiary/aromatic N) is 5. The largest absolute Gasteiger partial charge is 0.379 e. The Kier molecular flexibility index (Phi) is 3.96. The fourth-order valence-corrected chi connectivity index (χ4v) is 2.99. The molecule has 24 heavy (non-hydrogen) atoms. The van der Waals surface area contributed by atoms with Gasteiger partial charge in [-0.25, -0.2) is 14.5 Å². The van der Waals surface area contributed by atoms with Crippen LogP contribution in [0.15, 0.2) is 37.1 Å². The third-order valence-corrected chi connectivity index (χ3v) is 4.16. The van der Waals surface area contributed by atoms with Crippen molar-refractivity contribution in [3.05, 3.63) is 48.4 Å². The molecule has 4 rings (SSSR count). The number of carbonyl (C=O) groups is 1. The standard InChI is InChI=1S/C16H18N6O2/c23-16(14-8-17-11-19-14)21-5-6-24-10-12(9-21)7-13-1-2-15-18-3-4-22(15)20-13/h1-4,8,11-12H,5-7,9-10H2,(H,17,19)/t12-/m0/s1. The lowest BCUT2D eigenvalue weighted by Crippen LogP contribution is -2.36. The Morgan fingerprint density at radius 2 is 2.38 bits per heavy atom. The quantitative estimate of drug-likeness (QED) is 0.768. The molecule has 0 aliphatic carbocycles. The lowest BCUT2D eigenvalue weighted by Gasteiger charge is -2.22. The van der Waals surface area contributed by atoms with E-state index >= 15 is 0 Å². The second-order valence-electron chi connectivity index (χ2n) is 5.92. The maximum absolute atomic E-state index is 12.5. The number of aromatic nitrogens is 5. The fourth-order valence-electron chi connectivity index (χ4n) is 2.99. The van der Waals surface area contributed by atoms with Crippen molar-refractivity contribution in [2.45, 2.75) is 6.42 Å². The van der Waals surface area contributed by atoms with E-state index in [-0.39, 0.29) is 11.8 Å². The second-order valence-corrected chi connectivity index (χ2v) is 5.92. The highest BCUT2D eigenvalue weighted by atomic mass is 16.5. The van der Waals surface area contributed by atoms with Gasteiger partial charge in [0.25, 0.3) is 5.91 Å². The number of hydrogen-bond acceptors (Lipinski definition) is 5. The second kappa shape index (κ2) is 6.40. The van der Waals surface area contributed by atoms with Crippen LogP contribution in [-0.4, -0.2) is 61.7 Å². The van der Waals surface area contributed by atoms with Gasteiger partial charge in [0.05, 0.1) is 31.4 Å². The third-order valence-electron chi connectivity index (χ3n) is 4.16. The molecule has 1 amide bonds. The van der Waals surface area contributed by atoms with Crippen LogP contribution in [0.3, 0.4) is 0 Å². The summed E-state index contributed by atoms with van der Waals surface area (Å²) in [5.41, 5.74) is 2.30. The van der Waals surface area contributed by atoms with E-state index in [0.717, 1.165) is 17.8 Å². The van der Waals surface area contributed by atoms with Crippen molar-refractivity contribution in [2.24, 2.45) is 5.92 Å². The number of hydrogen-bond donors (Lipinski definition) is 1. The minimum Gasteiger partial charge on any atom is -0.379 e. The van der Waals surface area contributed by atoms with Gasteiger partial charge in [0.15, 0.2) is 5.65 Å². The number of nitrogens with one attached hydrogen (secondary N) is 1. The molecule has 1 N–H and O–H groups in total. The highest BCUT2D eigenvalue weighted by Gasteiger charge is 2.24. The highest BCUT2D eigenvalue weighted by molar-refractivity contribution is 5.92. The minimum atomic E-state index is -0.0407. The van der Waals surface area contributed by atoms with E-state index in [1.54, 1.807) is 16.9 Å². The topological polar surface area (TPSA) is 88.4 Å². The van der Waals surface area contributed by atoms with Crippen LogP contribution in [0.25, 0.3) is 5.65 Å². The molecule has 1 aliphatic heterocycles. The van der Waals surface area contributed by atoms with E-state index in [1.165, 1.54) is 6.33 Å². The summed E-state index contributed by atoms with van der Waals surface area (Å²) in [4.78, 5) is 25.3. The van der Waals surface area contributed by atoms with Crippen LogP contribution in [0.5, 0.6) is 0 Å². The Bertz CT molecular complexity index is 828. The summed E-state index contributed by atoms with van der Waals surface area (Å²) in [6.07, 6.45) is 7.38. The minimum absolute atomic E-state index is 0.0407. The molecule has 0 bridgehead atoms. The first kappa shape index (κ1) is 14.8. The van der Waals surface area contributed by atoms with E-state index in [2.05, 4.69) is 20.1 Å². The predicted octanol–water partition coefficient (Wildman–Crippen LogP) is 0.784. The number of imidazole rings is 2. The van der Waals surface area contributed by atoms with E-state index in [9.17, 15) is 4.79 Å². The van der Waals surface area contributed by atoms with E-state index in [0.29, 0.717) is 32.0 Å². The van der Waals surface area contributed by atoms with Crippen LogP contribution < -0.4 is 0 Å². The summed E-state index contributed by atoms with van der Waals surface area (Å²) in [7, 11) is 0. The Morgan fingerprint density at radius 1 is 1.42 bits per heavy atom. The first-order chi connectivity index (χ1) is 11.8. The third kappa shape index (κ3) is 3.00. The van der Waals surface area contributed by atoms with Gasteiger partial charge >= 0.3 is 0 Å². The smallest absolute Gasteiger partial charge is 0.272 e. The van der Waals surface area contributed by atoms with Crippen molar-refractivity contribution in [3.63, 3.8) is 0 Å². The Hall–Kier alpha value is -2.74. The number of carbonyl (C=O) groups excluding carboxylic acids is 1. The normalized spacial score (nSPS) is 18.7. The van der Waals surface area contributed by atoms with Crippen molar-refractivity contribution in [1.29, 1.82) is 0 Å². The molecular weight excluding hydrogens is 308 g/mol. The number of aromatic amines is 1. The van der Waals surface area contributed by atoms with Crippen molar-refractivity contribution in [2.75, 3.05) is 26.3 Å². The zero-order chi connectivity index (χ0) is 16.4. The number of fused-ring (bicyclic) bond motifs is 1. The van der Waals surface area contributed by atoms with Crippen LogP contribution in [0.4, 0.5) is 0 Å². The molecule has 1 fully saturated rings. The molecule has 3 aromatic heterocycles. The summed E-state index contributed by atoms with van der Waals surface area (Å²) in [5, 5.41) is 4.56. The van der Waals surface area contributed by atoms with E-state index in [1.807, 2.05) is 23.2 Å². The number of ether oxygens (including phenoxy) is 1. The molecule has 4 heterocycles. The summed E-state index contributed by atoms with van der Waals surface area (Å²) in [6, 6.07) is 3.93. The van der Waals surface area contributed by atoms with Gasteiger partial charge in [-0.2, -0.15) is 5.10 Å². The zero-order valence-electron chi connectivity index (χ0n) is 13.1. The average molecular weight is 326 g/mol. The number of amides is 1.